The van der Waals surface area contributed by atoms with Gasteiger partial charge in [-0.25, -0.2) is 8.78 Å². The Morgan fingerprint density at radius 2 is 1.55 bits per heavy atom. The van der Waals surface area contributed by atoms with Crippen molar-refractivity contribution in [2.45, 2.75) is 6.43 Å². The summed E-state index contributed by atoms with van der Waals surface area (Å²) in [5, 5.41) is 0.900. The number of benzene rings is 2. The summed E-state index contributed by atoms with van der Waals surface area (Å²) in [7, 11) is 0. The van der Waals surface area contributed by atoms with Crippen molar-refractivity contribution in [2.24, 2.45) is 0 Å². The Hall–Kier alpha value is -0.149. The fourth-order valence-corrected chi connectivity index (χ4v) is 1.69. The molecule has 2 aromatic rings. The van der Waals surface area contributed by atoms with Crippen LogP contribution in [0.15, 0.2) is 36.4 Å². The number of fused-ring (bicyclic) bond motifs is 1. The first-order valence-electron chi connectivity index (χ1n) is 5.51. The van der Waals surface area contributed by atoms with E-state index in [1.54, 1.807) is 0 Å². The van der Waals surface area contributed by atoms with Gasteiger partial charge in [0, 0.05) is 0 Å². The maximum atomic E-state index is 12.6. The molecule has 0 saturated carbocycles. The molecule has 0 N–H and O–H groups in total. The summed E-state index contributed by atoms with van der Waals surface area (Å²) >= 11 is 0. The molecule has 0 heterocycles. The van der Waals surface area contributed by atoms with Gasteiger partial charge in [0.1, 0.15) is 12.4 Å². The topological polar surface area (TPSA) is 9.23 Å². The molecular formula is C12H9BF5KO. The second-order valence-corrected chi connectivity index (χ2v) is 4.05. The Kier molecular flexibility index (Phi) is 6.46. The van der Waals surface area contributed by atoms with Gasteiger partial charge >= 0.3 is 58.4 Å². The summed E-state index contributed by atoms with van der Waals surface area (Å²) in [5.74, 6) is 0.207. The van der Waals surface area contributed by atoms with Crippen molar-refractivity contribution in [3.63, 3.8) is 0 Å². The molecule has 8 heteroatoms. The van der Waals surface area contributed by atoms with Crippen LogP contribution < -0.4 is 61.6 Å². The van der Waals surface area contributed by atoms with Gasteiger partial charge in [-0.15, -0.1) is 5.46 Å². The normalized spacial score (nSPS) is 11.5. The molecule has 102 valence electrons. The number of rotatable bonds is 4. The van der Waals surface area contributed by atoms with E-state index in [1.807, 2.05) is 0 Å². The van der Waals surface area contributed by atoms with Crippen molar-refractivity contribution in [2.75, 3.05) is 6.61 Å². The van der Waals surface area contributed by atoms with Gasteiger partial charge in [-0.2, -0.15) is 0 Å². The Bertz CT molecular complexity index is 588. The molecule has 0 amide bonds. The Morgan fingerprint density at radius 3 is 2.15 bits per heavy atom. The second-order valence-electron chi connectivity index (χ2n) is 4.05. The summed E-state index contributed by atoms with van der Waals surface area (Å²) in [6.45, 7) is -5.78. The smallest absolute Gasteiger partial charge is 0.488 e. The summed E-state index contributed by atoms with van der Waals surface area (Å²) in [4.78, 5) is 0. The second kappa shape index (κ2) is 7.22. The van der Waals surface area contributed by atoms with E-state index in [1.165, 1.54) is 24.3 Å². The quantitative estimate of drug-likeness (QED) is 0.591. The van der Waals surface area contributed by atoms with Crippen molar-refractivity contribution in [3.05, 3.63) is 36.4 Å². The maximum Gasteiger partial charge on any atom is 1.00 e. The van der Waals surface area contributed by atoms with Crippen LogP contribution in [0.1, 0.15) is 0 Å². The van der Waals surface area contributed by atoms with Crippen molar-refractivity contribution in [1.29, 1.82) is 0 Å². The van der Waals surface area contributed by atoms with Crippen LogP contribution >= 0.6 is 0 Å². The molecule has 2 rings (SSSR count). The monoisotopic (exact) mass is 314 g/mol. The third-order valence-electron chi connectivity index (χ3n) is 2.59. The first kappa shape index (κ1) is 17.9. The molecule has 0 aliphatic rings. The molecule has 0 unspecified atom stereocenters. The molecule has 0 aromatic heterocycles. The van der Waals surface area contributed by atoms with E-state index < -0.39 is 25.5 Å². The average Bonchev–Trinajstić information content (AvgIpc) is 2.34. The van der Waals surface area contributed by atoms with Gasteiger partial charge < -0.3 is 17.7 Å². The molecule has 0 aliphatic carbocycles. The van der Waals surface area contributed by atoms with Crippen LogP contribution in [-0.2, 0) is 0 Å². The molecule has 2 aromatic carbocycles. The van der Waals surface area contributed by atoms with E-state index in [9.17, 15) is 21.7 Å². The Balaban J connectivity index is 0.00000200. The minimum Gasteiger partial charge on any atom is -0.488 e. The number of hydrogen-bond donors (Lipinski definition) is 0. The predicted molar refractivity (Wildman–Crippen MR) is 64.2 cm³/mol. The molecule has 0 radical (unpaired) electrons. The summed E-state index contributed by atoms with van der Waals surface area (Å²) in [6, 6.07) is 7.53. The minimum absolute atomic E-state index is 0. The first-order valence-corrected chi connectivity index (χ1v) is 5.51. The summed E-state index contributed by atoms with van der Waals surface area (Å²) in [5.41, 5.74) is -0.686. The third-order valence-corrected chi connectivity index (χ3v) is 2.59. The van der Waals surface area contributed by atoms with Crippen LogP contribution in [0.5, 0.6) is 5.75 Å². The minimum atomic E-state index is -5.04. The molecule has 1 nitrogen and oxygen atoms in total. The van der Waals surface area contributed by atoms with Crippen LogP contribution in [0.4, 0.5) is 21.7 Å². The maximum absolute atomic E-state index is 12.6. The van der Waals surface area contributed by atoms with Gasteiger partial charge in [-0.3, -0.25) is 0 Å². The van der Waals surface area contributed by atoms with Gasteiger partial charge in [0.2, 0.25) is 0 Å². The van der Waals surface area contributed by atoms with E-state index in [0.717, 1.165) is 12.1 Å². The van der Waals surface area contributed by atoms with Gasteiger partial charge in [0.15, 0.2) is 0 Å². The van der Waals surface area contributed by atoms with Crippen molar-refractivity contribution in [1.82, 2.24) is 0 Å². The van der Waals surface area contributed by atoms with Crippen LogP contribution in [0.3, 0.4) is 0 Å². The van der Waals surface area contributed by atoms with Crippen molar-refractivity contribution in [3.8, 4) is 5.75 Å². The predicted octanol–water partition coefficient (Wildman–Crippen LogP) is 0.542. The van der Waals surface area contributed by atoms with Crippen LogP contribution in [0.25, 0.3) is 10.8 Å². The standard InChI is InChI=1S/C12H9BF5O.K/c14-12(15)7-19-11-4-2-8-5-10(13(16,17)18)3-1-9(8)6-11;/h1-6,12H,7H2;/q-1;+1. The van der Waals surface area contributed by atoms with E-state index in [0.29, 0.717) is 10.8 Å². The van der Waals surface area contributed by atoms with E-state index in [-0.39, 0.29) is 57.1 Å². The van der Waals surface area contributed by atoms with Crippen molar-refractivity contribution >= 4 is 23.2 Å². The molecule has 0 atom stereocenters. The fourth-order valence-electron chi connectivity index (χ4n) is 1.69. The summed E-state index contributed by atoms with van der Waals surface area (Å²) < 4.78 is 66.4. The van der Waals surface area contributed by atoms with Crippen LogP contribution in [-0.4, -0.2) is 20.0 Å². The SMILES string of the molecule is FC(F)COc1ccc2cc([B-](F)(F)F)ccc2c1.[K+]. The molecule has 0 spiro atoms. The van der Waals surface area contributed by atoms with E-state index in [4.69, 9.17) is 4.74 Å². The van der Waals surface area contributed by atoms with Crippen molar-refractivity contribution < 1.29 is 77.8 Å². The number of ether oxygens (including phenoxy) is 1. The van der Waals surface area contributed by atoms with Crippen LogP contribution in [0, 0.1) is 0 Å². The number of alkyl halides is 2. The third kappa shape index (κ3) is 4.70. The zero-order chi connectivity index (χ0) is 14.0. The molecular weight excluding hydrogens is 305 g/mol. The van der Waals surface area contributed by atoms with E-state index >= 15 is 0 Å². The average molecular weight is 314 g/mol. The van der Waals surface area contributed by atoms with Gasteiger partial charge in [0.05, 0.1) is 0 Å². The van der Waals surface area contributed by atoms with Gasteiger partial charge in [-0.1, -0.05) is 24.3 Å². The van der Waals surface area contributed by atoms with Gasteiger partial charge in [0.25, 0.3) is 6.43 Å². The Morgan fingerprint density at radius 1 is 0.950 bits per heavy atom. The fraction of sp³-hybridized carbons (Fsp3) is 0.167. The number of hydrogen-bond acceptors (Lipinski definition) is 1. The molecule has 0 bridgehead atoms. The molecule has 0 fully saturated rings. The largest absolute Gasteiger partial charge is 1.00 e. The first-order chi connectivity index (χ1) is 8.86. The molecule has 0 aliphatic heterocycles. The van der Waals surface area contributed by atoms with Crippen LogP contribution in [0.2, 0.25) is 0 Å². The molecule has 0 saturated heterocycles. The zero-order valence-electron chi connectivity index (χ0n) is 10.6. The van der Waals surface area contributed by atoms with E-state index in [2.05, 4.69) is 0 Å². The van der Waals surface area contributed by atoms with Gasteiger partial charge in [-0.05, 0) is 22.9 Å². The Labute approximate surface area is 155 Å². The zero-order valence-corrected chi connectivity index (χ0v) is 13.7. The summed E-state index contributed by atoms with van der Waals surface area (Å²) in [6.07, 6.45) is -2.59. The number of halogens is 5. The molecule has 20 heavy (non-hydrogen) atoms.